The minimum Gasteiger partial charge on any atom is -0.488 e. The van der Waals surface area contributed by atoms with Gasteiger partial charge in [-0.1, -0.05) is 55.9 Å². The van der Waals surface area contributed by atoms with Crippen molar-refractivity contribution < 1.29 is 22.7 Å². The molecule has 1 aliphatic heterocycles. The molecule has 3 rings (SSSR count). The summed E-state index contributed by atoms with van der Waals surface area (Å²) < 4.78 is 30.7. The SMILES string of the molecule is CCSC(=O)c1c(CS(=O)(=O)CC)cc(OCc2ccccc2)c2c1CN(C)C2=O. The number of hydrogen-bond acceptors (Lipinski definition) is 6. The Morgan fingerprint density at radius 3 is 2.53 bits per heavy atom. The summed E-state index contributed by atoms with van der Waals surface area (Å²) >= 11 is 1.11. The molecule has 2 aromatic rings. The molecule has 0 aromatic heterocycles. The number of carbonyl (C=O) groups is 2. The Bertz CT molecular complexity index is 1060. The Morgan fingerprint density at radius 2 is 1.90 bits per heavy atom. The van der Waals surface area contributed by atoms with Crippen LogP contribution < -0.4 is 4.74 Å². The molecule has 2 aromatic carbocycles. The van der Waals surface area contributed by atoms with Gasteiger partial charge in [0.1, 0.15) is 12.4 Å². The fourth-order valence-corrected chi connectivity index (χ4v) is 4.99. The summed E-state index contributed by atoms with van der Waals surface area (Å²) in [5, 5.41) is -0.215. The average molecular weight is 448 g/mol. The van der Waals surface area contributed by atoms with Gasteiger partial charge in [0.15, 0.2) is 9.84 Å². The monoisotopic (exact) mass is 447 g/mol. The van der Waals surface area contributed by atoms with E-state index in [4.69, 9.17) is 4.74 Å². The van der Waals surface area contributed by atoms with Gasteiger partial charge in [0.05, 0.1) is 11.3 Å². The largest absolute Gasteiger partial charge is 0.488 e. The average Bonchev–Trinajstić information content (AvgIpc) is 3.01. The molecule has 1 amide bonds. The predicted molar refractivity (Wildman–Crippen MR) is 119 cm³/mol. The van der Waals surface area contributed by atoms with Crippen molar-refractivity contribution in [2.24, 2.45) is 0 Å². The summed E-state index contributed by atoms with van der Waals surface area (Å²) in [5.74, 6) is 0.360. The quantitative estimate of drug-likeness (QED) is 0.614. The predicted octanol–water partition coefficient (Wildman–Crippen LogP) is 3.68. The van der Waals surface area contributed by atoms with E-state index in [1.165, 1.54) is 4.90 Å². The van der Waals surface area contributed by atoms with E-state index in [0.717, 1.165) is 17.3 Å². The first-order valence-corrected chi connectivity index (χ1v) is 12.6. The number of thioether (sulfide) groups is 1. The lowest BCUT2D eigenvalue weighted by Crippen LogP contribution is -2.18. The van der Waals surface area contributed by atoms with Gasteiger partial charge < -0.3 is 9.64 Å². The first-order valence-electron chi connectivity index (χ1n) is 9.75. The number of hydrogen-bond donors (Lipinski definition) is 0. The number of fused-ring (bicyclic) bond motifs is 1. The molecule has 0 unspecified atom stereocenters. The Labute approximate surface area is 181 Å². The van der Waals surface area contributed by atoms with E-state index in [1.54, 1.807) is 20.0 Å². The van der Waals surface area contributed by atoms with E-state index in [-0.39, 0.29) is 35.7 Å². The van der Waals surface area contributed by atoms with E-state index < -0.39 is 9.84 Å². The molecule has 0 spiro atoms. The number of ether oxygens (including phenoxy) is 1. The lowest BCUT2D eigenvalue weighted by molar-refractivity contribution is 0.0812. The maximum absolute atomic E-state index is 12.9. The van der Waals surface area contributed by atoms with Crippen LogP contribution in [-0.2, 0) is 28.7 Å². The van der Waals surface area contributed by atoms with Gasteiger partial charge >= 0.3 is 0 Å². The summed E-state index contributed by atoms with van der Waals surface area (Å²) in [6.45, 7) is 3.93. The van der Waals surface area contributed by atoms with Crippen molar-refractivity contribution in [3.63, 3.8) is 0 Å². The Balaban J connectivity index is 2.13. The summed E-state index contributed by atoms with van der Waals surface area (Å²) in [6, 6.07) is 11.1. The van der Waals surface area contributed by atoms with Gasteiger partial charge in [0.2, 0.25) is 5.12 Å². The normalized spacial score (nSPS) is 13.4. The number of nitrogens with zero attached hydrogens (tertiary/aromatic N) is 1. The highest BCUT2D eigenvalue weighted by Gasteiger charge is 2.35. The fraction of sp³-hybridized carbons (Fsp3) is 0.364. The van der Waals surface area contributed by atoms with Gasteiger partial charge in [-0.2, -0.15) is 0 Å². The molecule has 0 bridgehead atoms. The molecular formula is C22H25NO5S2. The minimum atomic E-state index is -3.39. The number of rotatable bonds is 8. The zero-order valence-electron chi connectivity index (χ0n) is 17.3. The number of sulfone groups is 1. The van der Waals surface area contributed by atoms with Crippen LogP contribution in [0.5, 0.6) is 5.75 Å². The lowest BCUT2D eigenvalue weighted by atomic mass is 9.98. The molecule has 0 saturated carbocycles. The molecule has 0 N–H and O–H groups in total. The number of benzene rings is 2. The van der Waals surface area contributed by atoms with Crippen molar-refractivity contribution >= 4 is 32.6 Å². The Kier molecular flexibility index (Phi) is 6.88. The Morgan fingerprint density at radius 1 is 1.20 bits per heavy atom. The van der Waals surface area contributed by atoms with Crippen molar-refractivity contribution in [1.29, 1.82) is 0 Å². The van der Waals surface area contributed by atoms with Crippen LogP contribution >= 0.6 is 11.8 Å². The van der Waals surface area contributed by atoms with E-state index in [1.807, 2.05) is 37.3 Å². The van der Waals surface area contributed by atoms with Gasteiger partial charge in [-0.25, -0.2) is 8.42 Å². The molecule has 160 valence electrons. The van der Waals surface area contributed by atoms with Gasteiger partial charge in [-0.3, -0.25) is 9.59 Å². The number of amides is 1. The van der Waals surface area contributed by atoms with Crippen LogP contribution in [0.25, 0.3) is 0 Å². The van der Waals surface area contributed by atoms with Crippen LogP contribution in [0.4, 0.5) is 0 Å². The van der Waals surface area contributed by atoms with Gasteiger partial charge in [0.25, 0.3) is 5.91 Å². The smallest absolute Gasteiger partial charge is 0.258 e. The summed E-state index contributed by atoms with van der Waals surface area (Å²) in [4.78, 5) is 27.2. The van der Waals surface area contributed by atoms with E-state index in [9.17, 15) is 18.0 Å². The van der Waals surface area contributed by atoms with Gasteiger partial charge in [-0.15, -0.1) is 0 Å². The third kappa shape index (κ3) is 4.70. The molecule has 30 heavy (non-hydrogen) atoms. The molecule has 6 nitrogen and oxygen atoms in total. The maximum Gasteiger partial charge on any atom is 0.258 e. The van der Waals surface area contributed by atoms with Crippen LogP contribution in [0.15, 0.2) is 36.4 Å². The zero-order valence-corrected chi connectivity index (χ0v) is 18.9. The van der Waals surface area contributed by atoms with Crippen molar-refractivity contribution in [1.82, 2.24) is 4.90 Å². The summed E-state index contributed by atoms with van der Waals surface area (Å²) in [5.41, 5.74) is 2.56. The highest BCUT2D eigenvalue weighted by atomic mass is 32.2. The molecule has 0 fully saturated rings. The highest BCUT2D eigenvalue weighted by molar-refractivity contribution is 8.14. The second-order valence-electron chi connectivity index (χ2n) is 7.09. The number of carbonyl (C=O) groups excluding carboxylic acids is 2. The molecule has 0 radical (unpaired) electrons. The summed E-state index contributed by atoms with van der Waals surface area (Å²) in [7, 11) is -1.73. The van der Waals surface area contributed by atoms with E-state index >= 15 is 0 Å². The zero-order chi connectivity index (χ0) is 21.9. The second kappa shape index (κ2) is 9.22. The first kappa shape index (κ1) is 22.4. The lowest BCUT2D eigenvalue weighted by Gasteiger charge is -2.17. The molecule has 1 aliphatic rings. The minimum absolute atomic E-state index is 0.0301. The Hall–Kier alpha value is -2.32. The third-order valence-corrected chi connectivity index (χ3v) is 7.35. The highest BCUT2D eigenvalue weighted by Crippen LogP contribution is 2.38. The molecule has 1 heterocycles. The van der Waals surface area contributed by atoms with E-state index in [2.05, 4.69) is 0 Å². The molecule has 0 aliphatic carbocycles. The van der Waals surface area contributed by atoms with Crippen LogP contribution in [0.1, 0.15) is 51.3 Å². The molecule has 0 saturated heterocycles. The maximum atomic E-state index is 12.9. The molecule has 0 atom stereocenters. The van der Waals surface area contributed by atoms with Crippen LogP contribution in [0, 0.1) is 0 Å². The molecular weight excluding hydrogens is 422 g/mol. The van der Waals surface area contributed by atoms with Crippen LogP contribution in [0.3, 0.4) is 0 Å². The topological polar surface area (TPSA) is 80.8 Å². The fourth-order valence-electron chi connectivity index (χ4n) is 3.42. The van der Waals surface area contributed by atoms with Crippen LogP contribution in [-0.4, -0.2) is 42.9 Å². The van der Waals surface area contributed by atoms with Crippen molar-refractivity contribution in [2.45, 2.75) is 32.8 Å². The standard InChI is InChI=1S/C22H25NO5S2/c1-4-29-22(25)19-16(14-30(26,27)5-2)11-18(20-17(19)12-23(3)21(20)24)28-13-15-9-7-6-8-10-15/h6-11H,4-5,12-14H2,1-3H3. The summed E-state index contributed by atoms with van der Waals surface area (Å²) in [6.07, 6.45) is 0. The van der Waals surface area contributed by atoms with Gasteiger partial charge in [0, 0.05) is 24.9 Å². The third-order valence-electron chi connectivity index (χ3n) is 4.96. The second-order valence-corrected chi connectivity index (χ2v) is 10.7. The first-order chi connectivity index (χ1) is 14.3. The van der Waals surface area contributed by atoms with Gasteiger partial charge in [-0.05, 0) is 28.5 Å². The van der Waals surface area contributed by atoms with Crippen molar-refractivity contribution in [3.05, 3.63) is 64.2 Å². The van der Waals surface area contributed by atoms with E-state index in [0.29, 0.717) is 33.8 Å². The van der Waals surface area contributed by atoms with Crippen LogP contribution in [0.2, 0.25) is 0 Å². The van der Waals surface area contributed by atoms with Crippen molar-refractivity contribution in [3.8, 4) is 5.75 Å². The molecule has 8 heteroatoms. The van der Waals surface area contributed by atoms with Crippen molar-refractivity contribution in [2.75, 3.05) is 18.6 Å².